The zero-order valence-electron chi connectivity index (χ0n) is 11.9. The Kier molecular flexibility index (Phi) is 2.88. The van der Waals surface area contributed by atoms with Crippen LogP contribution in [0.15, 0.2) is 54.6 Å². The van der Waals surface area contributed by atoms with E-state index in [1.54, 1.807) is 0 Å². The molecule has 21 heavy (non-hydrogen) atoms. The van der Waals surface area contributed by atoms with Crippen molar-refractivity contribution in [1.29, 1.82) is 0 Å². The van der Waals surface area contributed by atoms with Crippen LogP contribution in [0.1, 0.15) is 12.8 Å². The van der Waals surface area contributed by atoms with E-state index in [1.165, 1.54) is 27.2 Å². The predicted octanol–water partition coefficient (Wildman–Crippen LogP) is 4.16. The normalized spacial score (nSPS) is 15.8. The first-order valence-corrected chi connectivity index (χ1v) is 7.49. The highest BCUT2D eigenvalue weighted by molar-refractivity contribution is 6.04. The zero-order valence-corrected chi connectivity index (χ0v) is 11.9. The zero-order chi connectivity index (χ0) is 14.2. The first-order chi connectivity index (χ1) is 10.3. The molecule has 2 heteroatoms. The molecule has 1 aliphatic rings. The van der Waals surface area contributed by atoms with Crippen molar-refractivity contribution >= 4 is 33.0 Å². The number of anilines is 1. The number of Topliss-reactive ketones (excluding diaryl/α,β-unsaturated/α-hetero) is 1. The van der Waals surface area contributed by atoms with Crippen LogP contribution in [-0.2, 0) is 4.79 Å². The number of hydrogen-bond donors (Lipinski definition) is 0. The highest BCUT2D eigenvalue weighted by atomic mass is 16.1. The SMILES string of the molecule is O=C1CCN(c2cccc3cc4ccccc4cc23)CC1. The average Bonchev–Trinajstić information content (AvgIpc) is 2.53. The van der Waals surface area contributed by atoms with E-state index in [-0.39, 0.29) is 0 Å². The predicted molar refractivity (Wildman–Crippen MR) is 87.9 cm³/mol. The summed E-state index contributed by atoms with van der Waals surface area (Å²) in [4.78, 5) is 13.8. The largest absolute Gasteiger partial charge is 0.370 e. The van der Waals surface area contributed by atoms with Crippen molar-refractivity contribution in [3.8, 4) is 0 Å². The van der Waals surface area contributed by atoms with Gasteiger partial charge in [-0.25, -0.2) is 0 Å². The van der Waals surface area contributed by atoms with E-state index in [4.69, 9.17) is 0 Å². The number of nitrogens with zero attached hydrogens (tertiary/aromatic N) is 1. The number of ketones is 1. The van der Waals surface area contributed by atoms with E-state index in [2.05, 4.69) is 59.5 Å². The van der Waals surface area contributed by atoms with Gasteiger partial charge in [0.2, 0.25) is 0 Å². The van der Waals surface area contributed by atoms with Gasteiger partial charge in [0.15, 0.2) is 0 Å². The third kappa shape index (κ3) is 2.17. The van der Waals surface area contributed by atoms with Crippen molar-refractivity contribution in [3.05, 3.63) is 54.6 Å². The summed E-state index contributed by atoms with van der Waals surface area (Å²) in [5.41, 5.74) is 1.26. The molecule has 1 aliphatic heterocycles. The molecule has 3 aromatic rings. The molecule has 0 unspecified atom stereocenters. The number of rotatable bonds is 1. The second-order valence-electron chi connectivity index (χ2n) is 5.72. The minimum Gasteiger partial charge on any atom is -0.370 e. The van der Waals surface area contributed by atoms with Crippen LogP contribution in [-0.4, -0.2) is 18.9 Å². The summed E-state index contributed by atoms with van der Waals surface area (Å²) in [6.07, 6.45) is 1.34. The number of piperidine rings is 1. The lowest BCUT2D eigenvalue weighted by molar-refractivity contribution is -0.119. The van der Waals surface area contributed by atoms with Crippen LogP contribution in [0.4, 0.5) is 5.69 Å². The topological polar surface area (TPSA) is 20.3 Å². The Hall–Kier alpha value is -2.35. The van der Waals surface area contributed by atoms with E-state index in [9.17, 15) is 4.79 Å². The molecule has 0 spiro atoms. The Bertz CT molecular complexity index is 827. The Balaban J connectivity index is 1.88. The van der Waals surface area contributed by atoms with Gasteiger partial charge in [0.05, 0.1) is 0 Å². The van der Waals surface area contributed by atoms with Gasteiger partial charge < -0.3 is 4.90 Å². The Morgan fingerprint density at radius 2 is 1.43 bits per heavy atom. The molecule has 1 heterocycles. The maximum Gasteiger partial charge on any atom is 0.136 e. The molecular weight excluding hydrogens is 258 g/mol. The lowest BCUT2D eigenvalue weighted by atomic mass is 10.0. The molecule has 1 fully saturated rings. The van der Waals surface area contributed by atoms with Gasteiger partial charge >= 0.3 is 0 Å². The molecule has 0 N–H and O–H groups in total. The van der Waals surface area contributed by atoms with Crippen molar-refractivity contribution in [1.82, 2.24) is 0 Å². The average molecular weight is 275 g/mol. The van der Waals surface area contributed by atoms with E-state index in [0.717, 1.165) is 13.1 Å². The molecule has 2 nitrogen and oxygen atoms in total. The molecule has 0 aromatic heterocycles. The Morgan fingerprint density at radius 3 is 2.19 bits per heavy atom. The first kappa shape index (κ1) is 12.4. The van der Waals surface area contributed by atoms with Crippen molar-refractivity contribution in [2.75, 3.05) is 18.0 Å². The molecule has 0 radical (unpaired) electrons. The van der Waals surface area contributed by atoms with E-state index in [0.29, 0.717) is 18.6 Å². The third-order valence-corrected chi connectivity index (χ3v) is 4.39. The summed E-state index contributed by atoms with van der Waals surface area (Å²) in [5.74, 6) is 0.386. The van der Waals surface area contributed by atoms with Crippen molar-refractivity contribution in [2.24, 2.45) is 0 Å². The standard InChI is InChI=1S/C19H17NO/c21-17-8-10-20(11-9-17)19-7-3-6-16-12-14-4-1-2-5-15(14)13-18(16)19/h1-7,12-13H,8-11H2. The minimum absolute atomic E-state index is 0.386. The van der Waals surface area contributed by atoms with Crippen LogP contribution in [0.5, 0.6) is 0 Å². The minimum atomic E-state index is 0.386. The maximum absolute atomic E-state index is 11.5. The summed E-state index contributed by atoms with van der Waals surface area (Å²) in [7, 11) is 0. The summed E-state index contributed by atoms with van der Waals surface area (Å²) < 4.78 is 0. The first-order valence-electron chi connectivity index (χ1n) is 7.49. The Labute approximate surface area is 124 Å². The quantitative estimate of drug-likeness (QED) is 0.621. The van der Waals surface area contributed by atoms with Crippen LogP contribution < -0.4 is 4.90 Å². The molecule has 0 bridgehead atoms. The van der Waals surface area contributed by atoms with Gasteiger partial charge in [-0.2, -0.15) is 0 Å². The van der Waals surface area contributed by atoms with E-state index in [1.807, 2.05) is 0 Å². The van der Waals surface area contributed by atoms with E-state index < -0.39 is 0 Å². The number of hydrogen-bond acceptors (Lipinski definition) is 2. The number of fused-ring (bicyclic) bond motifs is 2. The second kappa shape index (κ2) is 4.88. The van der Waals surface area contributed by atoms with E-state index >= 15 is 0 Å². The van der Waals surface area contributed by atoms with Crippen LogP contribution in [0.2, 0.25) is 0 Å². The van der Waals surface area contributed by atoms with Crippen LogP contribution in [0.25, 0.3) is 21.5 Å². The van der Waals surface area contributed by atoms with Crippen LogP contribution in [0, 0.1) is 0 Å². The van der Waals surface area contributed by atoms with Crippen LogP contribution in [0.3, 0.4) is 0 Å². The molecule has 104 valence electrons. The molecule has 3 aromatic carbocycles. The van der Waals surface area contributed by atoms with Crippen molar-refractivity contribution < 1.29 is 4.79 Å². The molecule has 0 saturated carbocycles. The van der Waals surface area contributed by atoms with Gasteiger partial charge in [0.1, 0.15) is 5.78 Å². The summed E-state index contributed by atoms with van der Waals surface area (Å²) in [5, 5.41) is 5.09. The lowest BCUT2D eigenvalue weighted by Crippen LogP contribution is -2.33. The lowest BCUT2D eigenvalue weighted by Gasteiger charge is -2.29. The second-order valence-corrected chi connectivity index (χ2v) is 5.72. The maximum atomic E-state index is 11.5. The third-order valence-electron chi connectivity index (χ3n) is 4.39. The monoisotopic (exact) mass is 275 g/mol. The van der Waals surface area contributed by atoms with Gasteiger partial charge in [0, 0.05) is 37.0 Å². The van der Waals surface area contributed by atoms with Gasteiger partial charge in [-0.05, 0) is 34.4 Å². The summed E-state index contributed by atoms with van der Waals surface area (Å²) in [6.45, 7) is 1.68. The Morgan fingerprint density at radius 1 is 0.762 bits per heavy atom. The number of benzene rings is 3. The smallest absolute Gasteiger partial charge is 0.136 e. The van der Waals surface area contributed by atoms with Gasteiger partial charge in [-0.15, -0.1) is 0 Å². The molecule has 0 aliphatic carbocycles. The molecule has 0 amide bonds. The van der Waals surface area contributed by atoms with Crippen molar-refractivity contribution in [3.63, 3.8) is 0 Å². The van der Waals surface area contributed by atoms with Gasteiger partial charge in [-0.3, -0.25) is 4.79 Å². The fourth-order valence-corrected chi connectivity index (χ4v) is 3.22. The highest BCUT2D eigenvalue weighted by Crippen LogP contribution is 2.31. The summed E-state index contributed by atoms with van der Waals surface area (Å²) in [6, 6.07) is 19.5. The fourth-order valence-electron chi connectivity index (χ4n) is 3.22. The molecule has 0 atom stereocenters. The van der Waals surface area contributed by atoms with Crippen LogP contribution >= 0.6 is 0 Å². The molecular formula is C19H17NO. The number of carbonyl (C=O) groups excluding carboxylic acids is 1. The van der Waals surface area contributed by atoms with Gasteiger partial charge in [0.25, 0.3) is 0 Å². The molecule has 1 saturated heterocycles. The summed E-state index contributed by atoms with van der Waals surface area (Å²) >= 11 is 0. The molecule has 4 rings (SSSR count). The van der Waals surface area contributed by atoms with Gasteiger partial charge in [-0.1, -0.05) is 36.4 Å². The fraction of sp³-hybridized carbons (Fsp3) is 0.211. The highest BCUT2D eigenvalue weighted by Gasteiger charge is 2.18. The van der Waals surface area contributed by atoms with Crippen molar-refractivity contribution in [2.45, 2.75) is 12.8 Å². The number of carbonyl (C=O) groups is 1.